The minimum atomic E-state index is -0.503. The number of hydrogen-bond acceptors (Lipinski definition) is 6. The van der Waals surface area contributed by atoms with Gasteiger partial charge in [-0.15, -0.1) is 0 Å². The van der Waals surface area contributed by atoms with Gasteiger partial charge in [-0.3, -0.25) is 4.79 Å². The predicted octanol–water partition coefficient (Wildman–Crippen LogP) is 4.23. The molecule has 166 valence electrons. The first-order chi connectivity index (χ1) is 13.3. The molecule has 0 saturated heterocycles. The van der Waals surface area contributed by atoms with Crippen LogP contribution >= 0.6 is 0 Å². The summed E-state index contributed by atoms with van der Waals surface area (Å²) in [5, 5.41) is 2.61. The lowest BCUT2D eigenvalue weighted by Gasteiger charge is -2.19. The highest BCUT2D eigenvalue weighted by molar-refractivity contribution is 5.69. The molecule has 0 fully saturated rings. The van der Waals surface area contributed by atoms with Crippen LogP contribution in [-0.4, -0.2) is 57.2 Å². The summed E-state index contributed by atoms with van der Waals surface area (Å²) in [5.41, 5.74) is -0.503. The summed E-state index contributed by atoms with van der Waals surface area (Å²) in [4.78, 5) is 23.0. The number of carbonyl (C=O) groups is 2. The molecule has 0 aromatic carbocycles. The van der Waals surface area contributed by atoms with E-state index >= 15 is 0 Å². The normalized spacial score (nSPS) is 11.3. The van der Waals surface area contributed by atoms with Crippen molar-refractivity contribution in [2.24, 2.45) is 0 Å². The van der Waals surface area contributed by atoms with Crippen molar-refractivity contribution in [2.45, 2.75) is 84.7 Å². The summed E-state index contributed by atoms with van der Waals surface area (Å²) in [6.07, 6.45) is 8.34. The van der Waals surface area contributed by atoms with E-state index in [1.54, 1.807) is 0 Å². The largest absolute Gasteiger partial charge is 0.463 e. The van der Waals surface area contributed by atoms with Crippen LogP contribution in [-0.2, 0) is 23.7 Å². The first-order valence-electron chi connectivity index (χ1n) is 10.6. The number of alkyl carbamates (subject to hydrolysis) is 1. The Labute approximate surface area is 170 Å². The highest BCUT2D eigenvalue weighted by Gasteiger charge is 2.15. The van der Waals surface area contributed by atoms with Gasteiger partial charge in [0.25, 0.3) is 0 Å². The zero-order chi connectivity index (χ0) is 21.1. The van der Waals surface area contributed by atoms with Crippen molar-refractivity contribution >= 4 is 12.1 Å². The zero-order valence-corrected chi connectivity index (χ0v) is 18.3. The maximum Gasteiger partial charge on any atom is 0.407 e. The molecule has 0 heterocycles. The van der Waals surface area contributed by atoms with Gasteiger partial charge < -0.3 is 24.3 Å². The monoisotopic (exact) mass is 403 g/mol. The van der Waals surface area contributed by atoms with Crippen molar-refractivity contribution < 1.29 is 28.5 Å². The SMILES string of the molecule is CCCCCCCCCC(=O)OCCOCCOCCNC(=O)OC(C)(C)C. The smallest absolute Gasteiger partial charge is 0.407 e. The van der Waals surface area contributed by atoms with Crippen molar-refractivity contribution in [3.05, 3.63) is 0 Å². The van der Waals surface area contributed by atoms with E-state index < -0.39 is 11.7 Å². The van der Waals surface area contributed by atoms with E-state index in [1.165, 1.54) is 32.1 Å². The lowest BCUT2D eigenvalue weighted by Crippen LogP contribution is -2.34. The van der Waals surface area contributed by atoms with Crippen molar-refractivity contribution in [1.82, 2.24) is 5.32 Å². The third-order valence-corrected chi connectivity index (χ3v) is 3.76. The lowest BCUT2D eigenvalue weighted by atomic mass is 10.1. The Bertz CT molecular complexity index is 395. The maximum atomic E-state index is 11.6. The molecule has 0 aromatic rings. The van der Waals surface area contributed by atoms with Crippen molar-refractivity contribution in [2.75, 3.05) is 39.6 Å². The molecule has 0 atom stereocenters. The fraction of sp³-hybridized carbons (Fsp3) is 0.905. The molecule has 0 bridgehead atoms. The summed E-state index contributed by atoms with van der Waals surface area (Å²) in [6.45, 7) is 9.88. The van der Waals surface area contributed by atoms with Crippen LogP contribution < -0.4 is 5.32 Å². The van der Waals surface area contributed by atoms with Crippen molar-refractivity contribution in [1.29, 1.82) is 0 Å². The van der Waals surface area contributed by atoms with E-state index in [2.05, 4.69) is 12.2 Å². The van der Waals surface area contributed by atoms with Gasteiger partial charge in [0.05, 0.1) is 26.4 Å². The number of ether oxygens (including phenoxy) is 4. The molecule has 0 radical (unpaired) electrons. The van der Waals surface area contributed by atoms with Gasteiger partial charge >= 0.3 is 12.1 Å². The molecule has 0 aromatic heterocycles. The molecular weight excluding hydrogens is 362 g/mol. The van der Waals surface area contributed by atoms with Gasteiger partial charge in [-0.2, -0.15) is 0 Å². The molecule has 0 aliphatic carbocycles. The third kappa shape index (κ3) is 21.0. The minimum Gasteiger partial charge on any atom is -0.463 e. The van der Waals surface area contributed by atoms with Crippen LogP contribution in [0.15, 0.2) is 0 Å². The van der Waals surface area contributed by atoms with Crippen LogP contribution in [0.5, 0.6) is 0 Å². The number of unbranched alkanes of at least 4 members (excludes halogenated alkanes) is 6. The maximum absolute atomic E-state index is 11.6. The van der Waals surface area contributed by atoms with Crippen LogP contribution in [0.25, 0.3) is 0 Å². The minimum absolute atomic E-state index is 0.151. The topological polar surface area (TPSA) is 83.1 Å². The molecular formula is C21H41NO6. The zero-order valence-electron chi connectivity index (χ0n) is 18.3. The van der Waals surface area contributed by atoms with Gasteiger partial charge in [-0.05, 0) is 27.2 Å². The van der Waals surface area contributed by atoms with Crippen LogP contribution in [0, 0.1) is 0 Å². The van der Waals surface area contributed by atoms with Gasteiger partial charge in [0.2, 0.25) is 0 Å². The Kier molecular flexibility index (Phi) is 16.9. The second kappa shape index (κ2) is 17.7. The Balaban J connectivity index is 3.28. The summed E-state index contributed by atoms with van der Waals surface area (Å²) >= 11 is 0. The van der Waals surface area contributed by atoms with Crippen LogP contribution in [0.1, 0.15) is 79.1 Å². The standard InChI is InChI=1S/C21H41NO6/c1-5-6-7-8-9-10-11-12-19(23)27-18-17-26-16-15-25-14-13-22-20(24)28-21(2,3)4/h5-18H2,1-4H3,(H,22,24). The van der Waals surface area contributed by atoms with E-state index in [0.717, 1.165) is 12.8 Å². The highest BCUT2D eigenvalue weighted by Crippen LogP contribution is 2.08. The molecule has 1 N–H and O–H groups in total. The Morgan fingerprint density at radius 3 is 2.00 bits per heavy atom. The average molecular weight is 404 g/mol. The van der Waals surface area contributed by atoms with E-state index in [1.807, 2.05) is 20.8 Å². The van der Waals surface area contributed by atoms with Crippen LogP contribution in [0.2, 0.25) is 0 Å². The molecule has 0 unspecified atom stereocenters. The van der Waals surface area contributed by atoms with Gasteiger partial charge in [-0.25, -0.2) is 4.79 Å². The molecule has 7 heteroatoms. The first-order valence-corrected chi connectivity index (χ1v) is 10.6. The quantitative estimate of drug-likeness (QED) is 0.289. The molecule has 7 nitrogen and oxygen atoms in total. The molecule has 28 heavy (non-hydrogen) atoms. The summed E-state index contributed by atoms with van der Waals surface area (Å²) in [5.74, 6) is -0.151. The van der Waals surface area contributed by atoms with Gasteiger partial charge in [0.15, 0.2) is 0 Å². The predicted molar refractivity (Wildman–Crippen MR) is 109 cm³/mol. The highest BCUT2D eigenvalue weighted by atomic mass is 16.6. The second-order valence-electron chi connectivity index (χ2n) is 7.75. The second-order valence-corrected chi connectivity index (χ2v) is 7.75. The number of amides is 1. The van der Waals surface area contributed by atoms with Crippen molar-refractivity contribution in [3.63, 3.8) is 0 Å². The summed E-state index contributed by atoms with van der Waals surface area (Å²) in [7, 11) is 0. The number of rotatable bonds is 17. The fourth-order valence-electron chi connectivity index (χ4n) is 2.37. The van der Waals surface area contributed by atoms with Crippen molar-refractivity contribution in [3.8, 4) is 0 Å². The summed E-state index contributed by atoms with van der Waals surface area (Å²) < 4.78 is 20.9. The fourth-order valence-corrected chi connectivity index (χ4v) is 2.37. The van der Waals surface area contributed by atoms with E-state index in [4.69, 9.17) is 18.9 Å². The van der Waals surface area contributed by atoms with E-state index in [9.17, 15) is 9.59 Å². The van der Waals surface area contributed by atoms with E-state index in [-0.39, 0.29) is 12.6 Å². The number of nitrogens with one attached hydrogen (secondary N) is 1. The Hall–Kier alpha value is -1.34. The first kappa shape index (κ1) is 26.7. The van der Waals surface area contributed by atoms with Gasteiger partial charge in [-0.1, -0.05) is 45.4 Å². The number of hydrogen-bond donors (Lipinski definition) is 1. The Morgan fingerprint density at radius 1 is 0.786 bits per heavy atom. The summed E-state index contributed by atoms with van der Waals surface area (Å²) in [6, 6.07) is 0. The molecule has 0 saturated carbocycles. The van der Waals surface area contributed by atoms with Crippen LogP contribution in [0.4, 0.5) is 4.79 Å². The molecule has 0 aliphatic heterocycles. The van der Waals surface area contributed by atoms with Crippen LogP contribution in [0.3, 0.4) is 0 Å². The lowest BCUT2D eigenvalue weighted by molar-refractivity contribution is -0.145. The molecule has 0 aliphatic rings. The molecule has 0 rings (SSSR count). The average Bonchev–Trinajstić information content (AvgIpc) is 2.61. The Morgan fingerprint density at radius 2 is 1.36 bits per heavy atom. The van der Waals surface area contributed by atoms with Gasteiger partial charge in [0.1, 0.15) is 12.2 Å². The number of esters is 1. The third-order valence-electron chi connectivity index (χ3n) is 3.76. The van der Waals surface area contributed by atoms with E-state index in [0.29, 0.717) is 39.4 Å². The molecule has 1 amide bonds. The number of carbonyl (C=O) groups excluding carboxylic acids is 2. The molecule has 0 spiro atoms. The van der Waals surface area contributed by atoms with Gasteiger partial charge in [0, 0.05) is 13.0 Å².